The topological polar surface area (TPSA) is 43.4 Å². The van der Waals surface area contributed by atoms with Gasteiger partial charge in [-0.1, -0.05) is 48.5 Å². The van der Waals surface area contributed by atoms with Crippen LogP contribution in [0.5, 0.6) is 0 Å². The predicted octanol–water partition coefficient (Wildman–Crippen LogP) is 4.66. The maximum Gasteiger partial charge on any atom is 0.339 e. The summed E-state index contributed by atoms with van der Waals surface area (Å²) in [5, 5.41) is 3.88. The number of ether oxygens (including phenoxy) is 1. The van der Waals surface area contributed by atoms with E-state index in [0.717, 1.165) is 21.5 Å². The minimum Gasteiger partial charge on any atom is -0.459 e. The van der Waals surface area contributed by atoms with E-state index >= 15 is 0 Å². The van der Waals surface area contributed by atoms with Crippen LogP contribution in [0.25, 0.3) is 21.5 Å². The smallest absolute Gasteiger partial charge is 0.339 e. The van der Waals surface area contributed by atoms with E-state index < -0.39 is 0 Å². The van der Waals surface area contributed by atoms with E-state index in [1.54, 1.807) is 0 Å². The van der Waals surface area contributed by atoms with Crippen molar-refractivity contribution in [1.29, 1.82) is 0 Å². The lowest BCUT2D eigenvalue weighted by atomic mass is 9.95. The second-order valence-corrected chi connectivity index (χ2v) is 6.34. The molecule has 1 aliphatic carbocycles. The van der Waals surface area contributed by atoms with Crippen molar-refractivity contribution in [2.75, 3.05) is 0 Å². The molecule has 24 heavy (non-hydrogen) atoms. The van der Waals surface area contributed by atoms with Crippen LogP contribution in [-0.2, 0) is 9.53 Å². The molecule has 3 aromatic carbocycles. The predicted molar refractivity (Wildman–Crippen MR) is 94.1 cm³/mol. The van der Waals surface area contributed by atoms with E-state index in [1.165, 1.54) is 0 Å². The number of ketones is 1. The van der Waals surface area contributed by atoms with Crippen LogP contribution in [0.3, 0.4) is 0 Å². The molecule has 3 aromatic rings. The number of fused-ring (bicyclic) bond motifs is 2. The first-order valence-electron chi connectivity index (χ1n) is 8.35. The molecular weight excluding hydrogens is 300 g/mol. The molecule has 0 saturated heterocycles. The third kappa shape index (κ3) is 2.67. The van der Waals surface area contributed by atoms with Crippen molar-refractivity contribution in [2.45, 2.75) is 31.8 Å². The summed E-state index contributed by atoms with van der Waals surface area (Å²) in [7, 11) is 0. The van der Waals surface area contributed by atoms with Crippen molar-refractivity contribution >= 4 is 33.3 Å². The molecule has 0 atom stereocenters. The van der Waals surface area contributed by atoms with Gasteiger partial charge in [0.1, 0.15) is 11.9 Å². The Morgan fingerprint density at radius 2 is 1.42 bits per heavy atom. The Morgan fingerprint density at radius 1 is 0.875 bits per heavy atom. The molecule has 0 radical (unpaired) electrons. The van der Waals surface area contributed by atoms with E-state index in [4.69, 9.17) is 4.74 Å². The average Bonchev–Trinajstić information content (AvgIpc) is 2.61. The zero-order valence-electron chi connectivity index (χ0n) is 13.3. The van der Waals surface area contributed by atoms with Crippen molar-refractivity contribution in [3.05, 3.63) is 60.2 Å². The van der Waals surface area contributed by atoms with Crippen molar-refractivity contribution < 1.29 is 14.3 Å². The number of rotatable bonds is 2. The van der Waals surface area contributed by atoms with E-state index in [0.29, 0.717) is 31.2 Å². The van der Waals surface area contributed by atoms with Crippen LogP contribution in [0.1, 0.15) is 36.0 Å². The van der Waals surface area contributed by atoms with E-state index in [1.807, 2.05) is 48.5 Å². The van der Waals surface area contributed by atoms with Crippen molar-refractivity contribution in [3.63, 3.8) is 0 Å². The summed E-state index contributed by atoms with van der Waals surface area (Å²) >= 11 is 0. The molecule has 3 nitrogen and oxygen atoms in total. The van der Waals surface area contributed by atoms with Crippen LogP contribution in [0, 0.1) is 0 Å². The molecule has 0 unspecified atom stereocenters. The van der Waals surface area contributed by atoms with Gasteiger partial charge in [-0.25, -0.2) is 4.79 Å². The third-order valence-electron chi connectivity index (χ3n) is 4.74. The van der Waals surface area contributed by atoms with Gasteiger partial charge in [0.2, 0.25) is 0 Å². The highest BCUT2D eigenvalue weighted by Gasteiger charge is 2.24. The van der Waals surface area contributed by atoms with Crippen molar-refractivity contribution in [3.8, 4) is 0 Å². The quantitative estimate of drug-likeness (QED) is 0.510. The highest BCUT2D eigenvalue weighted by Crippen LogP contribution is 2.30. The van der Waals surface area contributed by atoms with Gasteiger partial charge in [-0.3, -0.25) is 4.79 Å². The zero-order valence-corrected chi connectivity index (χ0v) is 13.3. The molecule has 120 valence electrons. The lowest BCUT2D eigenvalue weighted by Crippen LogP contribution is -2.24. The second-order valence-electron chi connectivity index (χ2n) is 6.34. The van der Waals surface area contributed by atoms with E-state index in [-0.39, 0.29) is 17.9 Å². The van der Waals surface area contributed by atoms with Gasteiger partial charge in [0.05, 0.1) is 5.56 Å². The fourth-order valence-corrected chi connectivity index (χ4v) is 3.48. The molecule has 0 amide bonds. The fraction of sp³-hybridized carbons (Fsp3) is 0.238. The highest BCUT2D eigenvalue weighted by molar-refractivity contribution is 6.16. The highest BCUT2D eigenvalue weighted by atomic mass is 16.5. The normalized spacial score (nSPS) is 15.8. The molecule has 0 aromatic heterocycles. The average molecular weight is 318 g/mol. The van der Waals surface area contributed by atoms with E-state index in [2.05, 4.69) is 6.07 Å². The molecular formula is C21H18O3. The minimum absolute atomic E-state index is 0.159. The molecule has 1 fully saturated rings. The number of Topliss-reactive ketones (excluding diaryl/α,β-unsaturated/α-hetero) is 1. The largest absolute Gasteiger partial charge is 0.459 e. The number of hydrogen-bond acceptors (Lipinski definition) is 3. The first-order valence-corrected chi connectivity index (χ1v) is 8.35. The molecule has 0 N–H and O–H groups in total. The maximum absolute atomic E-state index is 12.9. The second kappa shape index (κ2) is 6.08. The van der Waals surface area contributed by atoms with E-state index in [9.17, 15) is 9.59 Å². The summed E-state index contributed by atoms with van der Waals surface area (Å²) in [6.45, 7) is 0. The Bertz CT molecular complexity index is 878. The van der Waals surface area contributed by atoms with Gasteiger partial charge < -0.3 is 4.74 Å². The maximum atomic E-state index is 12.9. The van der Waals surface area contributed by atoms with Gasteiger partial charge in [-0.05, 0) is 40.5 Å². The van der Waals surface area contributed by atoms with Gasteiger partial charge in [-0.15, -0.1) is 0 Å². The first kappa shape index (κ1) is 14.9. The molecule has 0 aliphatic heterocycles. The zero-order chi connectivity index (χ0) is 16.5. The SMILES string of the molecule is O=C1CCC(OC(=O)c2c3ccccc3cc3ccccc23)CC1. The Labute approximate surface area is 140 Å². The lowest BCUT2D eigenvalue weighted by Gasteiger charge is -2.22. The molecule has 4 rings (SSSR count). The number of hydrogen-bond donors (Lipinski definition) is 0. The summed E-state index contributed by atoms with van der Waals surface area (Å²) in [6, 6.07) is 17.9. The Kier molecular flexibility index (Phi) is 3.77. The van der Waals surface area contributed by atoms with Crippen LogP contribution in [0.2, 0.25) is 0 Å². The van der Waals surface area contributed by atoms with Gasteiger partial charge in [-0.2, -0.15) is 0 Å². The molecule has 0 spiro atoms. The number of carbonyl (C=O) groups is 2. The van der Waals surface area contributed by atoms with Crippen LogP contribution in [-0.4, -0.2) is 17.9 Å². The van der Waals surface area contributed by atoms with Crippen LogP contribution < -0.4 is 0 Å². The van der Waals surface area contributed by atoms with Crippen molar-refractivity contribution in [2.24, 2.45) is 0 Å². The lowest BCUT2D eigenvalue weighted by molar-refractivity contribution is -0.122. The van der Waals surface area contributed by atoms with Gasteiger partial charge in [0.15, 0.2) is 0 Å². The first-order chi connectivity index (χ1) is 11.7. The standard InChI is InChI=1S/C21H18O3/c22-16-9-11-17(12-10-16)24-21(23)20-18-7-3-1-5-14(18)13-15-6-2-4-8-19(15)20/h1-8,13,17H,9-12H2. The Morgan fingerprint density at radius 3 is 2.00 bits per heavy atom. The van der Waals surface area contributed by atoms with Gasteiger partial charge in [0.25, 0.3) is 0 Å². The van der Waals surface area contributed by atoms with Crippen molar-refractivity contribution in [1.82, 2.24) is 0 Å². The van der Waals surface area contributed by atoms with Crippen LogP contribution >= 0.6 is 0 Å². The summed E-state index contributed by atoms with van der Waals surface area (Å²) in [6.07, 6.45) is 2.12. The van der Waals surface area contributed by atoms with Gasteiger partial charge in [0, 0.05) is 12.8 Å². The Balaban J connectivity index is 1.78. The minimum atomic E-state index is -0.289. The van der Waals surface area contributed by atoms with Gasteiger partial charge >= 0.3 is 5.97 Å². The molecule has 1 saturated carbocycles. The van der Waals surface area contributed by atoms with Crippen LogP contribution in [0.4, 0.5) is 0 Å². The summed E-state index contributed by atoms with van der Waals surface area (Å²) in [4.78, 5) is 24.3. The Hall–Kier alpha value is -2.68. The number of benzene rings is 3. The monoisotopic (exact) mass is 318 g/mol. The van der Waals surface area contributed by atoms with Crippen LogP contribution in [0.15, 0.2) is 54.6 Å². The number of carbonyl (C=O) groups excluding carboxylic acids is 2. The molecule has 1 aliphatic rings. The molecule has 3 heteroatoms. The summed E-state index contributed by atoms with van der Waals surface area (Å²) < 4.78 is 5.75. The molecule has 0 heterocycles. The number of esters is 1. The summed E-state index contributed by atoms with van der Waals surface area (Å²) in [5.74, 6) is -0.0275. The molecule has 0 bridgehead atoms. The third-order valence-corrected chi connectivity index (χ3v) is 4.74. The fourth-order valence-electron chi connectivity index (χ4n) is 3.48. The summed E-state index contributed by atoms with van der Waals surface area (Å²) in [5.41, 5.74) is 0.626.